The summed E-state index contributed by atoms with van der Waals surface area (Å²) in [5.74, 6) is 6.78. The van der Waals surface area contributed by atoms with Crippen LogP contribution < -0.4 is 4.90 Å². The molecule has 1 unspecified atom stereocenters. The summed E-state index contributed by atoms with van der Waals surface area (Å²) in [4.78, 5) is 1.64. The topological polar surface area (TPSA) is 24.7 Å². The van der Waals surface area contributed by atoms with Crippen molar-refractivity contribution in [3.63, 3.8) is 0 Å². The third-order valence-electron chi connectivity index (χ3n) is 7.03. The van der Waals surface area contributed by atoms with Crippen LogP contribution in [0.5, 0.6) is 0 Å². The zero-order valence-electron chi connectivity index (χ0n) is 18.3. The molecule has 4 atom stereocenters. The van der Waals surface area contributed by atoms with Gasteiger partial charge in [0.2, 0.25) is 0 Å². The van der Waals surface area contributed by atoms with Gasteiger partial charge in [0.05, 0.1) is 12.6 Å². The van der Waals surface area contributed by atoms with E-state index in [0.717, 1.165) is 28.2 Å². The lowest BCUT2D eigenvalue weighted by Gasteiger charge is -2.37. The molecule has 2 aromatic rings. The number of aliphatic hydroxyl groups is 1. The first-order chi connectivity index (χ1) is 14.2. The van der Waals surface area contributed by atoms with Crippen molar-refractivity contribution in [2.45, 2.75) is 58.1 Å². The van der Waals surface area contributed by atoms with Crippen molar-refractivity contribution >= 4 is 15.9 Å². The maximum atomic E-state index is 11.7. The summed E-state index contributed by atoms with van der Waals surface area (Å²) < 4.78 is 1.01. The van der Waals surface area contributed by atoms with Gasteiger partial charge in [-0.3, -0.25) is 0 Å². The summed E-state index contributed by atoms with van der Waals surface area (Å²) in [5.41, 5.74) is 1.58. The van der Waals surface area contributed by atoms with E-state index in [4.69, 9.17) is 0 Å². The third-order valence-corrected chi connectivity index (χ3v) is 7.56. The van der Waals surface area contributed by atoms with Crippen molar-refractivity contribution < 1.29 is 10.0 Å². The van der Waals surface area contributed by atoms with Crippen LogP contribution in [0, 0.1) is 22.7 Å². The van der Waals surface area contributed by atoms with Crippen LogP contribution in [0.4, 0.5) is 0 Å². The molecule has 2 aliphatic rings. The minimum absolute atomic E-state index is 0.402. The number of nitrogens with one attached hydrogen (secondary N) is 1. The summed E-state index contributed by atoms with van der Waals surface area (Å²) in [5, 5.41) is 11.7. The van der Waals surface area contributed by atoms with Crippen LogP contribution in [0.3, 0.4) is 0 Å². The van der Waals surface area contributed by atoms with Gasteiger partial charge in [0, 0.05) is 29.2 Å². The molecule has 1 saturated carbocycles. The highest BCUT2D eigenvalue weighted by Crippen LogP contribution is 2.47. The van der Waals surface area contributed by atoms with Gasteiger partial charge in [-0.15, -0.1) is 0 Å². The minimum atomic E-state index is -1.10. The Balaban J connectivity index is 1.51. The van der Waals surface area contributed by atoms with E-state index in [1.54, 1.807) is 4.90 Å². The highest BCUT2D eigenvalue weighted by atomic mass is 79.9. The van der Waals surface area contributed by atoms with Crippen molar-refractivity contribution in [2.24, 2.45) is 10.8 Å². The summed E-state index contributed by atoms with van der Waals surface area (Å²) in [6, 6.07) is 18.6. The van der Waals surface area contributed by atoms with Crippen LogP contribution in [0.1, 0.15) is 57.6 Å². The summed E-state index contributed by atoms with van der Waals surface area (Å²) in [6.45, 7) is 9.41. The second-order valence-electron chi connectivity index (χ2n) is 10.5. The summed E-state index contributed by atoms with van der Waals surface area (Å²) in [6.07, 6.45) is 4.36. The Morgan fingerprint density at radius 3 is 2.37 bits per heavy atom. The zero-order valence-corrected chi connectivity index (χ0v) is 19.9. The van der Waals surface area contributed by atoms with Crippen LogP contribution in [0.25, 0.3) is 0 Å². The first kappa shape index (κ1) is 21.6. The molecule has 2 nitrogen and oxygen atoms in total. The van der Waals surface area contributed by atoms with Crippen molar-refractivity contribution in [1.29, 1.82) is 0 Å². The maximum Gasteiger partial charge on any atom is 0.139 e. The molecular formula is C27H33BrNO+. The number of hydrogen-bond donors (Lipinski definition) is 2. The Hall–Kier alpha value is -1.60. The van der Waals surface area contributed by atoms with E-state index in [2.05, 4.69) is 48.5 Å². The van der Waals surface area contributed by atoms with Gasteiger partial charge in [-0.2, -0.15) is 0 Å². The lowest BCUT2D eigenvalue weighted by Crippen LogP contribution is -3.13. The average Bonchev–Trinajstić information content (AvgIpc) is 2.94. The molecule has 1 aliphatic carbocycles. The molecule has 2 aromatic carbocycles. The van der Waals surface area contributed by atoms with E-state index in [9.17, 15) is 5.11 Å². The highest BCUT2D eigenvalue weighted by molar-refractivity contribution is 9.10. The van der Waals surface area contributed by atoms with Gasteiger partial charge in [0.15, 0.2) is 0 Å². The van der Waals surface area contributed by atoms with Crippen LogP contribution >= 0.6 is 15.9 Å². The number of likely N-dealkylation sites (tertiary alicyclic amines) is 1. The molecule has 4 rings (SSSR count). The fourth-order valence-electron chi connectivity index (χ4n) is 6.13. The van der Waals surface area contributed by atoms with Gasteiger partial charge >= 0.3 is 0 Å². The predicted octanol–water partition coefficient (Wildman–Crippen LogP) is 4.56. The number of quaternary nitrogens is 1. The van der Waals surface area contributed by atoms with Gasteiger partial charge in [-0.05, 0) is 41.0 Å². The normalized spacial score (nSPS) is 29.0. The van der Waals surface area contributed by atoms with Crippen LogP contribution in [0.2, 0.25) is 0 Å². The van der Waals surface area contributed by atoms with Crippen LogP contribution in [-0.2, 0) is 5.60 Å². The molecular weight excluding hydrogens is 434 g/mol. The minimum Gasteiger partial charge on any atom is -0.379 e. The van der Waals surface area contributed by atoms with E-state index in [-0.39, 0.29) is 0 Å². The molecule has 1 saturated heterocycles. The van der Waals surface area contributed by atoms with Gasteiger partial charge in [0.1, 0.15) is 12.1 Å². The summed E-state index contributed by atoms with van der Waals surface area (Å²) in [7, 11) is 0. The van der Waals surface area contributed by atoms with E-state index >= 15 is 0 Å². The SMILES string of the molecule is CC1(C)C[C@@H]2C[C@@](C)(C[NH+]2CC#CC[C@](O)(c2ccccc2)c2ccc(Br)cc2)C1. The molecule has 30 heavy (non-hydrogen) atoms. The van der Waals surface area contributed by atoms with Gasteiger partial charge in [-0.1, -0.05) is 85.1 Å². The fourth-order valence-corrected chi connectivity index (χ4v) is 6.40. The molecule has 1 heterocycles. The number of hydrogen-bond acceptors (Lipinski definition) is 1. The van der Waals surface area contributed by atoms with E-state index in [1.165, 1.54) is 25.8 Å². The van der Waals surface area contributed by atoms with Crippen LogP contribution in [-0.4, -0.2) is 24.2 Å². The molecule has 0 spiro atoms. The quantitative estimate of drug-likeness (QED) is 0.634. The van der Waals surface area contributed by atoms with Crippen molar-refractivity contribution in [1.82, 2.24) is 0 Å². The smallest absolute Gasteiger partial charge is 0.139 e. The molecule has 0 aromatic heterocycles. The molecule has 2 fully saturated rings. The Morgan fingerprint density at radius 1 is 1.00 bits per heavy atom. The Bertz CT molecular complexity index is 942. The second-order valence-corrected chi connectivity index (χ2v) is 11.4. The van der Waals surface area contributed by atoms with Gasteiger partial charge in [-0.25, -0.2) is 0 Å². The monoisotopic (exact) mass is 466 g/mol. The largest absolute Gasteiger partial charge is 0.379 e. The highest BCUT2D eigenvalue weighted by Gasteiger charge is 2.52. The Kier molecular flexibility index (Phi) is 5.88. The first-order valence-electron chi connectivity index (χ1n) is 11.0. The Morgan fingerprint density at radius 2 is 1.67 bits per heavy atom. The number of halogens is 1. The van der Waals surface area contributed by atoms with E-state index in [0.29, 0.717) is 17.3 Å². The van der Waals surface area contributed by atoms with Crippen molar-refractivity contribution in [2.75, 3.05) is 13.1 Å². The molecule has 0 amide bonds. The Labute approximate surface area is 189 Å². The predicted molar refractivity (Wildman–Crippen MR) is 126 cm³/mol. The molecule has 2 bridgehead atoms. The number of benzene rings is 2. The standard InChI is InChI=1S/C27H32BrNO/c1-25(2)17-24-18-26(3,19-25)20-29(24)16-8-7-15-27(30,21-9-5-4-6-10-21)22-11-13-23(28)14-12-22/h4-6,9-14,24,30H,15-20H2,1-3H3/p+1/t24-,26-,27+/m1/s1. The van der Waals surface area contributed by atoms with Crippen molar-refractivity contribution in [3.05, 3.63) is 70.2 Å². The zero-order chi connectivity index (χ0) is 21.4. The van der Waals surface area contributed by atoms with Gasteiger partial charge < -0.3 is 10.0 Å². The van der Waals surface area contributed by atoms with Crippen molar-refractivity contribution in [3.8, 4) is 11.8 Å². The maximum absolute atomic E-state index is 11.7. The first-order valence-corrected chi connectivity index (χ1v) is 11.8. The van der Waals surface area contributed by atoms with Gasteiger partial charge in [0.25, 0.3) is 0 Å². The third kappa shape index (κ3) is 4.52. The lowest BCUT2D eigenvalue weighted by molar-refractivity contribution is -0.907. The fraction of sp³-hybridized carbons (Fsp3) is 0.481. The molecule has 3 heteroatoms. The summed E-state index contributed by atoms with van der Waals surface area (Å²) >= 11 is 3.49. The van der Waals surface area contributed by atoms with Crippen LogP contribution in [0.15, 0.2) is 59.1 Å². The molecule has 158 valence electrons. The lowest BCUT2D eigenvalue weighted by atomic mass is 9.65. The molecule has 2 N–H and O–H groups in total. The second kappa shape index (κ2) is 8.15. The molecule has 0 radical (unpaired) electrons. The van der Waals surface area contributed by atoms with E-state index < -0.39 is 5.60 Å². The number of rotatable bonds is 4. The molecule has 1 aliphatic heterocycles. The number of fused-ring (bicyclic) bond motifs is 2. The van der Waals surface area contributed by atoms with E-state index in [1.807, 2.05) is 54.6 Å². The average molecular weight is 467 g/mol.